The fourth-order valence-electron chi connectivity index (χ4n) is 3.20. The second-order valence-corrected chi connectivity index (χ2v) is 6.84. The van der Waals surface area contributed by atoms with Crippen molar-refractivity contribution in [2.75, 3.05) is 19.7 Å². The Morgan fingerprint density at radius 3 is 2.81 bits per heavy atom. The SMILES string of the molecule is Cc1noc(C)c1CC(C)NC(=O)N1CCOC(c2ccc(F)c(F)c2)C1. The standard InChI is InChI=1S/C19H23F2N3O3/c1-11(8-15-12(2)23-27-13(15)3)22-19(25)24-6-7-26-18(10-24)14-4-5-16(20)17(21)9-14/h4-5,9,11,18H,6-8,10H2,1-3H3,(H,22,25). The molecule has 3 rings (SSSR count). The molecule has 1 N–H and O–H groups in total. The highest BCUT2D eigenvalue weighted by Crippen LogP contribution is 2.24. The number of rotatable bonds is 4. The molecule has 0 spiro atoms. The second kappa shape index (κ2) is 8.04. The summed E-state index contributed by atoms with van der Waals surface area (Å²) in [6.45, 7) is 6.67. The number of halogens is 2. The molecule has 1 aliphatic heterocycles. The number of aromatic nitrogens is 1. The van der Waals surface area contributed by atoms with Crippen molar-refractivity contribution in [1.82, 2.24) is 15.4 Å². The van der Waals surface area contributed by atoms with Crippen molar-refractivity contribution in [1.29, 1.82) is 0 Å². The van der Waals surface area contributed by atoms with Gasteiger partial charge in [0.1, 0.15) is 11.9 Å². The zero-order valence-corrected chi connectivity index (χ0v) is 15.6. The summed E-state index contributed by atoms with van der Waals surface area (Å²) in [6, 6.07) is 3.33. The van der Waals surface area contributed by atoms with E-state index < -0.39 is 17.7 Å². The maximum absolute atomic E-state index is 13.5. The van der Waals surface area contributed by atoms with E-state index in [-0.39, 0.29) is 18.6 Å². The molecule has 2 atom stereocenters. The molecule has 27 heavy (non-hydrogen) atoms. The van der Waals surface area contributed by atoms with E-state index in [9.17, 15) is 13.6 Å². The minimum absolute atomic E-state index is 0.112. The summed E-state index contributed by atoms with van der Waals surface area (Å²) < 4.78 is 37.4. The number of carbonyl (C=O) groups is 1. The van der Waals surface area contributed by atoms with Gasteiger partial charge in [-0.05, 0) is 44.9 Å². The monoisotopic (exact) mass is 379 g/mol. The zero-order valence-electron chi connectivity index (χ0n) is 15.6. The zero-order chi connectivity index (χ0) is 19.6. The number of ether oxygens (including phenoxy) is 1. The summed E-state index contributed by atoms with van der Waals surface area (Å²) in [4.78, 5) is 14.2. The first-order valence-corrected chi connectivity index (χ1v) is 8.89. The van der Waals surface area contributed by atoms with Gasteiger partial charge >= 0.3 is 6.03 Å². The van der Waals surface area contributed by atoms with Crippen molar-refractivity contribution in [2.24, 2.45) is 0 Å². The summed E-state index contributed by atoms with van der Waals surface area (Å²) in [5.74, 6) is -1.08. The third kappa shape index (κ3) is 4.44. The average molecular weight is 379 g/mol. The van der Waals surface area contributed by atoms with E-state index in [4.69, 9.17) is 9.26 Å². The molecule has 2 heterocycles. The first kappa shape index (κ1) is 19.3. The highest BCUT2D eigenvalue weighted by atomic mass is 19.2. The molecule has 2 unspecified atom stereocenters. The quantitative estimate of drug-likeness (QED) is 0.885. The molecule has 0 saturated carbocycles. The minimum atomic E-state index is -0.925. The van der Waals surface area contributed by atoms with Crippen LogP contribution in [0.25, 0.3) is 0 Å². The predicted octanol–water partition coefficient (Wildman–Crippen LogP) is 3.28. The van der Waals surface area contributed by atoms with Crippen molar-refractivity contribution in [3.05, 3.63) is 52.4 Å². The van der Waals surface area contributed by atoms with Gasteiger partial charge in [0, 0.05) is 18.2 Å². The number of nitrogens with one attached hydrogen (secondary N) is 1. The third-order valence-corrected chi connectivity index (χ3v) is 4.73. The van der Waals surface area contributed by atoms with E-state index in [1.165, 1.54) is 6.07 Å². The number of hydrogen-bond donors (Lipinski definition) is 1. The van der Waals surface area contributed by atoms with Crippen LogP contribution in [0.4, 0.5) is 13.6 Å². The van der Waals surface area contributed by atoms with E-state index in [1.54, 1.807) is 4.90 Å². The van der Waals surface area contributed by atoms with Crippen molar-refractivity contribution < 1.29 is 22.8 Å². The summed E-state index contributed by atoms with van der Waals surface area (Å²) >= 11 is 0. The van der Waals surface area contributed by atoms with Crippen LogP contribution in [-0.2, 0) is 11.2 Å². The molecule has 1 saturated heterocycles. The Hall–Kier alpha value is -2.48. The third-order valence-electron chi connectivity index (χ3n) is 4.73. The molecule has 0 radical (unpaired) electrons. The average Bonchev–Trinajstić information content (AvgIpc) is 2.96. The van der Waals surface area contributed by atoms with Crippen LogP contribution in [0.3, 0.4) is 0 Å². The van der Waals surface area contributed by atoms with Crippen LogP contribution in [0.2, 0.25) is 0 Å². The summed E-state index contributed by atoms with van der Waals surface area (Å²) in [5, 5.41) is 6.89. The number of hydrogen-bond acceptors (Lipinski definition) is 4. The van der Waals surface area contributed by atoms with Gasteiger partial charge in [-0.3, -0.25) is 0 Å². The van der Waals surface area contributed by atoms with E-state index in [0.717, 1.165) is 29.2 Å². The fraction of sp³-hybridized carbons (Fsp3) is 0.474. The minimum Gasteiger partial charge on any atom is -0.370 e. The second-order valence-electron chi connectivity index (χ2n) is 6.84. The largest absolute Gasteiger partial charge is 0.370 e. The molecule has 8 heteroatoms. The van der Waals surface area contributed by atoms with Gasteiger partial charge in [-0.1, -0.05) is 11.2 Å². The number of benzene rings is 1. The predicted molar refractivity (Wildman–Crippen MR) is 94.3 cm³/mol. The molecule has 2 amide bonds. The Balaban J connectivity index is 1.60. The van der Waals surface area contributed by atoms with Crippen molar-refractivity contribution >= 4 is 6.03 Å². The molecular formula is C19H23F2N3O3. The Labute approximate surface area is 156 Å². The first-order valence-electron chi connectivity index (χ1n) is 8.89. The molecule has 1 aromatic heterocycles. The summed E-state index contributed by atoms with van der Waals surface area (Å²) in [7, 11) is 0. The Bertz CT molecular complexity index is 805. The van der Waals surface area contributed by atoms with Gasteiger partial charge in [-0.25, -0.2) is 13.6 Å². The first-order chi connectivity index (χ1) is 12.8. The van der Waals surface area contributed by atoms with Gasteiger partial charge in [-0.2, -0.15) is 0 Å². The number of urea groups is 1. The molecule has 0 aliphatic carbocycles. The maximum Gasteiger partial charge on any atom is 0.317 e. The lowest BCUT2D eigenvalue weighted by atomic mass is 10.1. The van der Waals surface area contributed by atoms with Crippen LogP contribution >= 0.6 is 0 Å². The van der Waals surface area contributed by atoms with E-state index in [1.807, 2.05) is 20.8 Å². The Morgan fingerprint density at radius 1 is 1.37 bits per heavy atom. The molecule has 1 fully saturated rings. The molecule has 6 nitrogen and oxygen atoms in total. The molecular weight excluding hydrogens is 356 g/mol. The number of nitrogens with zero attached hydrogens (tertiary/aromatic N) is 2. The maximum atomic E-state index is 13.5. The number of amides is 2. The van der Waals surface area contributed by atoms with Crippen LogP contribution in [0.1, 0.15) is 35.6 Å². The molecule has 2 aromatic rings. The lowest BCUT2D eigenvalue weighted by molar-refractivity contribution is -0.0159. The lowest BCUT2D eigenvalue weighted by Gasteiger charge is -2.34. The molecule has 146 valence electrons. The van der Waals surface area contributed by atoms with Gasteiger partial charge < -0.3 is 19.5 Å². The van der Waals surface area contributed by atoms with Gasteiger partial charge in [-0.15, -0.1) is 0 Å². The Morgan fingerprint density at radius 2 is 2.15 bits per heavy atom. The van der Waals surface area contributed by atoms with Gasteiger partial charge in [0.25, 0.3) is 0 Å². The number of aryl methyl sites for hydroxylation is 2. The normalized spacial score (nSPS) is 18.4. The highest BCUT2D eigenvalue weighted by molar-refractivity contribution is 5.74. The molecule has 0 bridgehead atoms. The van der Waals surface area contributed by atoms with Gasteiger partial charge in [0.15, 0.2) is 11.6 Å². The van der Waals surface area contributed by atoms with Crippen molar-refractivity contribution in [2.45, 2.75) is 39.3 Å². The van der Waals surface area contributed by atoms with Gasteiger partial charge in [0.05, 0.1) is 18.8 Å². The Kier molecular flexibility index (Phi) is 5.74. The van der Waals surface area contributed by atoms with Crippen LogP contribution in [0, 0.1) is 25.5 Å². The highest BCUT2D eigenvalue weighted by Gasteiger charge is 2.27. The summed E-state index contributed by atoms with van der Waals surface area (Å²) in [5.41, 5.74) is 2.32. The van der Waals surface area contributed by atoms with E-state index in [2.05, 4.69) is 10.5 Å². The van der Waals surface area contributed by atoms with Crippen LogP contribution < -0.4 is 5.32 Å². The van der Waals surface area contributed by atoms with Crippen molar-refractivity contribution in [3.63, 3.8) is 0 Å². The smallest absolute Gasteiger partial charge is 0.317 e. The number of carbonyl (C=O) groups excluding carboxylic acids is 1. The van der Waals surface area contributed by atoms with E-state index >= 15 is 0 Å². The fourth-order valence-corrected chi connectivity index (χ4v) is 3.20. The van der Waals surface area contributed by atoms with E-state index in [0.29, 0.717) is 25.1 Å². The lowest BCUT2D eigenvalue weighted by Crippen LogP contribution is -2.49. The summed E-state index contributed by atoms with van der Waals surface area (Å²) in [6.07, 6.45) is 0.126. The van der Waals surface area contributed by atoms with Crippen LogP contribution in [-0.4, -0.2) is 41.8 Å². The van der Waals surface area contributed by atoms with Crippen molar-refractivity contribution in [3.8, 4) is 0 Å². The molecule has 1 aliphatic rings. The topological polar surface area (TPSA) is 67.6 Å². The molecule has 1 aromatic carbocycles. The van der Waals surface area contributed by atoms with Crippen LogP contribution in [0.15, 0.2) is 22.7 Å². The van der Waals surface area contributed by atoms with Gasteiger partial charge in [0.2, 0.25) is 0 Å². The van der Waals surface area contributed by atoms with Crippen LogP contribution in [0.5, 0.6) is 0 Å². The number of morpholine rings is 1.